The number of ether oxygens (including phenoxy) is 1. The molecule has 28 heavy (non-hydrogen) atoms. The highest BCUT2D eigenvalue weighted by molar-refractivity contribution is 7.99. The van der Waals surface area contributed by atoms with E-state index in [1.165, 1.54) is 10.4 Å². The number of hydrogen-bond donors (Lipinski definition) is 1. The maximum Gasteiger partial charge on any atom is 0.251 e. The van der Waals surface area contributed by atoms with Gasteiger partial charge in [0, 0.05) is 35.8 Å². The van der Waals surface area contributed by atoms with Crippen LogP contribution in [-0.4, -0.2) is 57.2 Å². The van der Waals surface area contributed by atoms with Gasteiger partial charge >= 0.3 is 0 Å². The standard InChI is InChI=1S/C20H24N2O4S2/c1-16-7-8-18(28(24,25)22-10-12-26-13-11-22)15-19(16)20(23)21-9-14-27-17-5-3-2-4-6-17/h2-8,15H,9-14H2,1H3,(H,21,23). The van der Waals surface area contributed by atoms with Crippen molar-refractivity contribution < 1.29 is 17.9 Å². The summed E-state index contributed by atoms with van der Waals surface area (Å²) in [6.45, 7) is 3.73. The highest BCUT2D eigenvalue weighted by Crippen LogP contribution is 2.21. The summed E-state index contributed by atoms with van der Waals surface area (Å²) < 4.78 is 32.3. The third-order valence-electron chi connectivity index (χ3n) is 4.46. The SMILES string of the molecule is Cc1ccc(S(=O)(=O)N2CCOCC2)cc1C(=O)NCCSc1ccccc1. The number of sulfonamides is 1. The lowest BCUT2D eigenvalue weighted by molar-refractivity contribution is 0.0730. The number of hydrogen-bond acceptors (Lipinski definition) is 5. The first kappa shape index (κ1) is 20.9. The van der Waals surface area contributed by atoms with Gasteiger partial charge in [-0.15, -0.1) is 11.8 Å². The Hall–Kier alpha value is -1.87. The number of amides is 1. The molecule has 1 fully saturated rings. The first-order valence-corrected chi connectivity index (χ1v) is 11.6. The lowest BCUT2D eigenvalue weighted by Gasteiger charge is -2.26. The van der Waals surface area contributed by atoms with Crippen molar-refractivity contribution in [1.29, 1.82) is 0 Å². The summed E-state index contributed by atoms with van der Waals surface area (Å²) in [6, 6.07) is 14.7. The maximum atomic E-state index is 12.8. The zero-order valence-electron chi connectivity index (χ0n) is 15.8. The normalized spacial score (nSPS) is 15.3. The number of nitrogens with zero attached hydrogens (tertiary/aromatic N) is 1. The first-order valence-electron chi connectivity index (χ1n) is 9.13. The minimum atomic E-state index is -3.63. The van der Waals surface area contributed by atoms with Crippen LogP contribution in [0.1, 0.15) is 15.9 Å². The molecule has 0 aromatic heterocycles. The van der Waals surface area contributed by atoms with Gasteiger partial charge in [0.15, 0.2) is 0 Å². The van der Waals surface area contributed by atoms with Gasteiger partial charge in [-0.05, 0) is 36.8 Å². The van der Waals surface area contributed by atoms with E-state index in [4.69, 9.17) is 4.74 Å². The molecule has 0 atom stereocenters. The van der Waals surface area contributed by atoms with Crippen molar-refractivity contribution >= 4 is 27.7 Å². The summed E-state index contributed by atoms with van der Waals surface area (Å²) in [4.78, 5) is 13.9. The average Bonchev–Trinajstić information content (AvgIpc) is 2.72. The largest absolute Gasteiger partial charge is 0.379 e. The molecular weight excluding hydrogens is 396 g/mol. The molecule has 3 rings (SSSR count). The Morgan fingerprint density at radius 3 is 2.57 bits per heavy atom. The zero-order chi connectivity index (χ0) is 20.0. The summed E-state index contributed by atoms with van der Waals surface area (Å²) in [5.41, 5.74) is 1.13. The quantitative estimate of drug-likeness (QED) is 0.550. The number of morpholine rings is 1. The van der Waals surface area contributed by atoms with Gasteiger partial charge in [0.1, 0.15) is 0 Å². The van der Waals surface area contributed by atoms with Crippen LogP contribution in [0.15, 0.2) is 58.3 Å². The highest BCUT2D eigenvalue weighted by Gasteiger charge is 2.27. The van der Waals surface area contributed by atoms with Gasteiger partial charge in [0.05, 0.1) is 18.1 Å². The first-order chi connectivity index (χ1) is 13.5. The van der Waals surface area contributed by atoms with E-state index in [0.29, 0.717) is 38.4 Å². The molecule has 1 aliphatic heterocycles. The molecule has 0 spiro atoms. The molecule has 150 valence electrons. The van der Waals surface area contributed by atoms with Crippen molar-refractivity contribution in [2.24, 2.45) is 0 Å². The Balaban J connectivity index is 1.64. The number of thioether (sulfide) groups is 1. The van der Waals surface area contributed by atoms with E-state index in [1.807, 2.05) is 30.3 Å². The van der Waals surface area contributed by atoms with Crippen molar-refractivity contribution in [2.45, 2.75) is 16.7 Å². The van der Waals surface area contributed by atoms with Gasteiger partial charge in [0.25, 0.3) is 5.91 Å². The second-order valence-electron chi connectivity index (χ2n) is 6.41. The smallest absolute Gasteiger partial charge is 0.251 e. The molecule has 1 heterocycles. The van der Waals surface area contributed by atoms with Gasteiger partial charge in [0.2, 0.25) is 10.0 Å². The summed E-state index contributed by atoms with van der Waals surface area (Å²) in [6.07, 6.45) is 0. The van der Waals surface area contributed by atoms with Crippen LogP contribution in [0.25, 0.3) is 0 Å². The van der Waals surface area contributed by atoms with E-state index < -0.39 is 10.0 Å². The van der Waals surface area contributed by atoms with Crippen LogP contribution in [0.2, 0.25) is 0 Å². The van der Waals surface area contributed by atoms with Crippen LogP contribution in [0.3, 0.4) is 0 Å². The molecule has 1 saturated heterocycles. The highest BCUT2D eigenvalue weighted by atomic mass is 32.2. The third-order valence-corrected chi connectivity index (χ3v) is 7.37. The molecule has 1 N–H and O–H groups in total. The third kappa shape index (κ3) is 5.14. The monoisotopic (exact) mass is 420 g/mol. The Bertz CT molecular complexity index is 911. The van der Waals surface area contributed by atoms with Gasteiger partial charge < -0.3 is 10.1 Å². The number of rotatable bonds is 7. The van der Waals surface area contributed by atoms with Crippen LogP contribution >= 0.6 is 11.8 Å². The second kappa shape index (κ2) is 9.56. The van der Waals surface area contributed by atoms with Crippen LogP contribution in [0, 0.1) is 6.92 Å². The fourth-order valence-corrected chi connectivity index (χ4v) is 5.11. The van der Waals surface area contributed by atoms with E-state index in [-0.39, 0.29) is 10.8 Å². The Labute approximate surface area is 170 Å². The van der Waals surface area contributed by atoms with Crippen molar-refractivity contribution in [3.8, 4) is 0 Å². The van der Waals surface area contributed by atoms with E-state index in [1.54, 1.807) is 30.8 Å². The van der Waals surface area contributed by atoms with Gasteiger partial charge in [-0.3, -0.25) is 4.79 Å². The minimum absolute atomic E-state index is 0.142. The van der Waals surface area contributed by atoms with Crippen LogP contribution in [-0.2, 0) is 14.8 Å². The Morgan fingerprint density at radius 1 is 1.14 bits per heavy atom. The van der Waals surface area contributed by atoms with Crippen molar-refractivity contribution in [1.82, 2.24) is 9.62 Å². The molecule has 1 amide bonds. The van der Waals surface area contributed by atoms with Gasteiger partial charge in [-0.25, -0.2) is 8.42 Å². The molecule has 0 saturated carbocycles. The molecule has 6 nitrogen and oxygen atoms in total. The topological polar surface area (TPSA) is 75.7 Å². The van der Waals surface area contributed by atoms with Crippen LogP contribution < -0.4 is 5.32 Å². The molecule has 0 radical (unpaired) electrons. The molecule has 0 bridgehead atoms. The van der Waals surface area contributed by atoms with Crippen molar-refractivity contribution in [3.63, 3.8) is 0 Å². The van der Waals surface area contributed by atoms with Crippen LogP contribution in [0.4, 0.5) is 0 Å². The zero-order valence-corrected chi connectivity index (χ0v) is 17.4. The van der Waals surface area contributed by atoms with Crippen molar-refractivity contribution in [3.05, 3.63) is 59.7 Å². The predicted octanol–water partition coefficient (Wildman–Crippen LogP) is 2.54. The predicted molar refractivity (Wildman–Crippen MR) is 110 cm³/mol. The van der Waals surface area contributed by atoms with E-state index in [0.717, 1.165) is 16.2 Å². The minimum Gasteiger partial charge on any atom is -0.379 e. The molecular formula is C20H24N2O4S2. The molecule has 8 heteroatoms. The van der Waals surface area contributed by atoms with Crippen LogP contribution in [0.5, 0.6) is 0 Å². The molecule has 0 aliphatic carbocycles. The summed E-state index contributed by atoms with van der Waals surface area (Å²) in [7, 11) is -3.63. The maximum absolute atomic E-state index is 12.8. The second-order valence-corrected chi connectivity index (χ2v) is 9.52. The lowest BCUT2D eigenvalue weighted by atomic mass is 10.1. The van der Waals surface area contributed by atoms with E-state index in [2.05, 4.69) is 5.32 Å². The summed E-state index contributed by atoms with van der Waals surface area (Å²) in [5, 5.41) is 2.88. The number of carbonyl (C=O) groups excluding carboxylic acids is 1. The average molecular weight is 421 g/mol. The number of carbonyl (C=O) groups is 1. The lowest BCUT2D eigenvalue weighted by Crippen LogP contribution is -2.40. The Morgan fingerprint density at radius 2 is 1.86 bits per heavy atom. The fraction of sp³-hybridized carbons (Fsp3) is 0.350. The summed E-state index contributed by atoms with van der Waals surface area (Å²) in [5.74, 6) is 0.478. The van der Waals surface area contributed by atoms with Gasteiger partial charge in [-0.1, -0.05) is 24.3 Å². The molecule has 2 aromatic rings. The fourth-order valence-electron chi connectivity index (χ4n) is 2.89. The molecule has 0 unspecified atom stereocenters. The summed E-state index contributed by atoms with van der Waals surface area (Å²) >= 11 is 1.66. The number of benzene rings is 2. The van der Waals surface area contributed by atoms with Crippen molar-refractivity contribution in [2.75, 3.05) is 38.6 Å². The number of aryl methyl sites for hydroxylation is 1. The van der Waals surface area contributed by atoms with Gasteiger partial charge in [-0.2, -0.15) is 4.31 Å². The Kier molecular flexibility index (Phi) is 7.12. The molecule has 2 aromatic carbocycles. The molecule has 1 aliphatic rings. The van der Waals surface area contributed by atoms with E-state index in [9.17, 15) is 13.2 Å². The van der Waals surface area contributed by atoms with E-state index >= 15 is 0 Å². The number of nitrogens with one attached hydrogen (secondary N) is 1.